The number of aromatic nitrogens is 2. The molecule has 0 atom stereocenters. The highest BCUT2D eigenvalue weighted by Crippen LogP contribution is 2.31. The van der Waals surface area contributed by atoms with Gasteiger partial charge in [-0.15, -0.1) is 0 Å². The van der Waals surface area contributed by atoms with Crippen molar-refractivity contribution in [1.82, 2.24) is 9.97 Å². The molecule has 0 unspecified atom stereocenters. The van der Waals surface area contributed by atoms with E-state index in [2.05, 4.69) is 20.6 Å². The SMILES string of the molecule is CC(C)(C)Nc1nc(Nc2ccc(F)c(F)c2F)cc(C(F)(F)F)n1. The molecule has 0 aliphatic carbocycles. The monoisotopic (exact) mass is 364 g/mol. The summed E-state index contributed by atoms with van der Waals surface area (Å²) in [4.78, 5) is 7.18. The molecule has 0 aliphatic heterocycles. The van der Waals surface area contributed by atoms with Gasteiger partial charge in [-0.25, -0.2) is 18.2 Å². The molecule has 0 fully saturated rings. The quantitative estimate of drug-likeness (QED) is 0.603. The summed E-state index contributed by atoms with van der Waals surface area (Å²) in [6, 6.07) is 2.02. The van der Waals surface area contributed by atoms with Gasteiger partial charge in [0.15, 0.2) is 23.1 Å². The first-order valence-electron chi connectivity index (χ1n) is 7.02. The molecule has 0 aliphatic rings. The van der Waals surface area contributed by atoms with Crippen LogP contribution >= 0.6 is 0 Å². The normalized spacial score (nSPS) is 12.2. The molecule has 10 heteroatoms. The number of halogens is 6. The van der Waals surface area contributed by atoms with Gasteiger partial charge in [-0.1, -0.05) is 0 Å². The fourth-order valence-electron chi connectivity index (χ4n) is 1.81. The van der Waals surface area contributed by atoms with Gasteiger partial charge < -0.3 is 10.6 Å². The van der Waals surface area contributed by atoms with Gasteiger partial charge in [-0.05, 0) is 32.9 Å². The van der Waals surface area contributed by atoms with Crippen molar-refractivity contribution in [1.29, 1.82) is 0 Å². The minimum atomic E-state index is -4.78. The summed E-state index contributed by atoms with van der Waals surface area (Å²) < 4.78 is 78.8. The predicted molar refractivity (Wildman–Crippen MR) is 80.0 cm³/mol. The second-order valence-electron chi connectivity index (χ2n) is 6.18. The molecule has 4 nitrogen and oxygen atoms in total. The molecule has 25 heavy (non-hydrogen) atoms. The van der Waals surface area contributed by atoms with Crippen LogP contribution in [0.5, 0.6) is 0 Å². The van der Waals surface area contributed by atoms with E-state index in [9.17, 15) is 26.3 Å². The van der Waals surface area contributed by atoms with Crippen molar-refractivity contribution in [3.8, 4) is 0 Å². The van der Waals surface area contributed by atoms with Crippen LogP contribution in [0.15, 0.2) is 18.2 Å². The second-order valence-corrected chi connectivity index (χ2v) is 6.18. The molecule has 0 bridgehead atoms. The van der Waals surface area contributed by atoms with Crippen molar-refractivity contribution in [2.75, 3.05) is 10.6 Å². The maximum Gasteiger partial charge on any atom is 0.433 e. The average Bonchev–Trinajstić information content (AvgIpc) is 2.45. The van der Waals surface area contributed by atoms with Crippen molar-refractivity contribution >= 4 is 17.5 Å². The molecule has 136 valence electrons. The third-order valence-electron chi connectivity index (χ3n) is 2.80. The van der Waals surface area contributed by atoms with Crippen LogP contribution in [0, 0.1) is 17.5 Å². The molecule has 0 saturated carbocycles. The summed E-state index contributed by atoms with van der Waals surface area (Å²) in [6.07, 6.45) is -4.78. The Kier molecular flexibility index (Phi) is 4.83. The van der Waals surface area contributed by atoms with Gasteiger partial charge >= 0.3 is 6.18 Å². The molecule has 0 saturated heterocycles. The van der Waals surface area contributed by atoms with Gasteiger partial charge in [0.05, 0.1) is 5.69 Å². The number of nitrogens with zero attached hydrogens (tertiary/aromatic N) is 2. The van der Waals surface area contributed by atoms with Crippen LogP contribution in [0.4, 0.5) is 43.8 Å². The van der Waals surface area contributed by atoms with Crippen LogP contribution in [-0.4, -0.2) is 15.5 Å². The number of rotatable bonds is 3. The summed E-state index contributed by atoms with van der Waals surface area (Å²) in [7, 11) is 0. The lowest BCUT2D eigenvalue weighted by atomic mass is 10.1. The fourth-order valence-corrected chi connectivity index (χ4v) is 1.81. The number of hydrogen-bond donors (Lipinski definition) is 2. The highest BCUT2D eigenvalue weighted by atomic mass is 19.4. The summed E-state index contributed by atoms with van der Waals surface area (Å²) in [6.45, 7) is 5.04. The van der Waals surface area contributed by atoms with Crippen LogP contribution < -0.4 is 10.6 Å². The summed E-state index contributed by atoms with van der Waals surface area (Å²) in [5, 5.41) is 4.87. The van der Waals surface area contributed by atoms with Crippen LogP contribution in [0.25, 0.3) is 0 Å². The number of benzene rings is 1. The lowest BCUT2D eigenvalue weighted by Crippen LogP contribution is -2.28. The predicted octanol–water partition coefficient (Wildman–Crippen LogP) is 4.87. The van der Waals surface area contributed by atoms with E-state index < -0.39 is 46.4 Å². The van der Waals surface area contributed by atoms with Crippen molar-refractivity contribution in [2.45, 2.75) is 32.5 Å². The van der Waals surface area contributed by atoms with E-state index in [0.717, 1.165) is 6.07 Å². The van der Waals surface area contributed by atoms with E-state index in [0.29, 0.717) is 12.1 Å². The zero-order valence-corrected chi connectivity index (χ0v) is 13.4. The molecule has 1 aromatic heterocycles. The van der Waals surface area contributed by atoms with Gasteiger partial charge in [0.1, 0.15) is 5.82 Å². The van der Waals surface area contributed by atoms with Crippen LogP contribution in [0.1, 0.15) is 26.5 Å². The zero-order chi connectivity index (χ0) is 19.0. The van der Waals surface area contributed by atoms with Gasteiger partial charge in [0.2, 0.25) is 5.95 Å². The molecule has 2 N–H and O–H groups in total. The standard InChI is InChI=1S/C15H14F6N4/c1-14(2,3)25-13-23-9(15(19,20)21)6-10(24-13)22-8-5-4-7(16)11(17)12(8)18/h4-6H,1-3H3,(H2,22,23,24,25). The topological polar surface area (TPSA) is 49.8 Å². The highest BCUT2D eigenvalue weighted by Gasteiger charge is 2.34. The minimum absolute atomic E-state index is 0.354. The number of alkyl halides is 3. The molecule has 1 heterocycles. The Hall–Kier alpha value is -2.52. The Bertz CT molecular complexity index is 783. The van der Waals surface area contributed by atoms with Crippen molar-refractivity contribution < 1.29 is 26.3 Å². The number of nitrogens with one attached hydrogen (secondary N) is 2. The van der Waals surface area contributed by atoms with E-state index in [4.69, 9.17) is 0 Å². The molecule has 0 spiro atoms. The third-order valence-corrected chi connectivity index (χ3v) is 2.80. The number of hydrogen-bond acceptors (Lipinski definition) is 4. The van der Waals surface area contributed by atoms with Crippen LogP contribution in [0.2, 0.25) is 0 Å². The summed E-state index contributed by atoms with van der Waals surface area (Å²) >= 11 is 0. The summed E-state index contributed by atoms with van der Waals surface area (Å²) in [5.41, 5.74) is -2.48. The lowest BCUT2D eigenvalue weighted by Gasteiger charge is -2.21. The van der Waals surface area contributed by atoms with Gasteiger partial charge in [-0.3, -0.25) is 0 Å². The van der Waals surface area contributed by atoms with E-state index in [1.54, 1.807) is 20.8 Å². The van der Waals surface area contributed by atoms with Gasteiger partial charge in [0.25, 0.3) is 0 Å². The van der Waals surface area contributed by atoms with Crippen LogP contribution in [-0.2, 0) is 6.18 Å². The Morgan fingerprint density at radius 2 is 1.56 bits per heavy atom. The number of anilines is 3. The van der Waals surface area contributed by atoms with Gasteiger partial charge in [0, 0.05) is 11.6 Å². The first kappa shape index (κ1) is 18.8. The smallest absolute Gasteiger partial charge is 0.350 e. The van der Waals surface area contributed by atoms with E-state index in [-0.39, 0.29) is 5.95 Å². The maximum absolute atomic E-state index is 13.7. The fraction of sp³-hybridized carbons (Fsp3) is 0.333. The molecule has 0 amide bonds. The third kappa shape index (κ3) is 4.74. The average molecular weight is 364 g/mol. The molecule has 2 rings (SSSR count). The largest absolute Gasteiger partial charge is 0.433 e. The van der Waals surface area contributed by atoms with E-state index in [1.807, 2.05) is 0 Å². The minimum Gasteiger partial charge on any atom is -0.350 e. The molecule has 1 aromatic carbocycles. The molecular weight excluding hydrogens is 350 g/mol. The lowest BCUT2D eigenvalue weighted by molar-refractivity contribution is -0.141. The van der Waals surface area contributed by atoms with Crippen LogP contribution in [0.3, 0.4) is 0 Å². The molecule has 2 aromatic rings. The highest BCUT2D eigenvalue weighted by molar-refractivity contribution is 5.58. The Balaban J connectivity index is 2.46. The zero-order valence-electron chi connectivity index (χ0n) is 13.4. The Morgan fingerprint density at radius 3 is 2.12 bits per heavy atom. The van der Waals surface area contributed by atoms with Crippen molar-refractivity contribution in [3.63, 3.8) is 0 Å². The van der Waals surface area contributed by atoms with Crippen molar-refractivity contribution in [3.05, 3.63) is 41.3 Å². The maximum atomic E-state index is 13.7. The van der Waals surface area contributed by atoms with E-state index >= 15 is 0 Å². The second kappa shape index (κ2) is 6.41. The Morgan fingerprint density at radius 1 is 0.920 bits per heavy atom. The molecular formula is C15H14F6N4. The van der Waals surface area contributed by atoms with E-state index in [1.165, 1.54) is 0 Å². The van der Waals surface area contributed by atoms with Crippen molar-refractivity contribution in [2.24, 2.45) is 0 Å². The Labute approximate surface area is 139 Å². The summed E-state index contributed by atoms with van der Waals surface area (Å²) in [5.74, 6) is -5.52. The molecule has 0 radical (unpaired) electrons. The van der Waals surface area contributed by atoms with Gasteiger partial charge in [-0.2, -0.15) is 18.2 Å². The first-order valence-corrected chi connectivity index (χ1v) is 7.02. The first-order chi connectivity index (χ1) is 11.4.